The molecule has 0 aromatic heterocycles. The minimum Gasteiger partial charge on any atom is -0.395 e. The van der Waals surface area contributed by atoms with E-state index in [0.717, 1.165) is 13.1 Å². The van der Waals surface area contributed by atoms with Crippen LogP contribution in [0.25, 0.3) is 0 Å². The van der Waals surface area contributed by atoms with Crippen molar-refractivity contribution >= 4 is 0 Å². The molecular weight excluding hydrogens is 164 g/mol. The molecule has 1 atom stereocenters. The van der Waals surface area contributed by atoms with Crippen LogP contribution in [0.5, 0.6) is 0 Å². The second kappa shape index (κ2) is 11.9. The highest BCUT2D eigenvalue weighted by atomic mass is 16.3. The molecule has 0 aliphatic carbocycles. The quantitative estimate of drug-likeness (QED) is 0.677. The zero-order valence-corrected chi connectivity index (χ0v) is 9.80. The maximum absolute atomic E-state index is 8.82. The van der Waals surface area contributed by atoms with Crippen LogP contribution >= 0.6 is 0 Å². The van der Waals surface area contributed by atoms with Crippen LogP contribution in [0, 0.1) is 0 Å². The van der Waals surface area contributed by atoms with Crippen molar-refractivity contribution in [1.82, 2.24) is 10.2 Å². The summed E-state index contributed by atoms with van der Waals surface area (Å²) in [4.78, 5) is 2.06. The second-order valence-electron chi connectivity index (χ2n) is 3.41. The molecule has 13 heavy (non-hydrogen) atoms. The van der Waals surface area contributed by atoms with Crippen LogP contribution in [0.4, 0.5) is 0 Å². The first kappa shape index (κ1) is 15.4. The zero-order valence-electron chi connectivity index (χ0n) is 9.80. The molecule has 82 valence electrons. The molecule has 0 saturated carbocycles. The van der Waals surface area contributed by atoms with E-state index in [2.05, 4.69) is 24.1 Å². The Morgan fingerprint density at radius 2 is 1.69 bits per heavy atom. The van der Waals surface area contributed by atoms with Crippen molar-refractivity contribution in [2.45, 2.75) is 33.2 Å². The van der Waals surface area contributed by atoms with E-state index in [1.807, 2.05) is 21.0 Å². The van der Waals surface area contributed by atoms with E-state index >= 15 is 0 Å². The van der Waals surface area contributed by atoms with Crippen molar-refractivity contribution in [1.29, 1.82) is 0 Å². The Balaban J connectivity index is 0. The highest BCUT2D eigenvalue weighted by Crippen LogP contribution is 1.83. The van der Waals surface area contributed by atoms with Crippen LogP contribution in [0.1, 0.15) is 27.2 Å². The average molecular weight is 190 g/mol. The number of likely N-dealkylation sites (N-methyl/N-ethyl adjacent to an activating group) is 2. The molecule has 3 nitrogen and oxygen atoms in total. The average Bonchev–Trinajstić information content (AvgIpc) is 2.04. The zero-order chi connectivity index (χ0) is 10.7. The highest BCUT2D eigenvalue weighted by Gasteiger charge is 2.04. The summed E-state index contributed by atoms with van der Waals surface area (Å²) >= 11 is 0. The molecule has 0 fully saturated rings. The number of aliphatic hydroxyl groups excluding tert-OH is 1. The summed E-state index contributed by atoms with van der Waals surface area (Å²) in [6.07, 6.45) is 1.25. The molecule has 0 aliphatic rings. The lowest BCUT2D eigenvalue weighted by Gasteiger charge is -2.19. The van der Waals surface area contributed by atoms with Crippen molar-refractivity contribution in [3.8, 4) is 0 Å². The molecule has 0 aromatic carbocycles. The molecule has 0 aliphatic heterocycles. The van der Waals surface area contributed by atoms with Crippen LogP contribution in [0.3, 0.4) is 0 Å². The Kier molecular flexibility index (Phi) is 14.0. The Bertz CT molecular complexity index is 87.0. The molecule has 2 N–H and O–H groups in total. The number of rotatable bonds is 5. The van der Waals surface area contributed by atoms with Crippen molar-refractivity contribution < 1.29 is 5.11 Å². The molecule has 0 spiro atoms. The summed E-state index contributed by atoms with van der Waals surface area (Å²) in [5.41, 5.74) is 0. The van der Waals surface area contributed by atoms with Gasteiger partial charge in [-0.2, -0.15) is 0 Å². The van der Waals surface area contributed by atoms with E-state index in [1.54, 1.807) is 0 Å². The molecule has 0 rings (SSSR count). The van der Waals surface area contributed by atoms with Gasteiger partial charge in [0.1, 0.15) is 0 Å². The van der Waals surface area contributed by atoms with Gasteiger partial charge in [0.2, 0.25) is 0 Å². The number of nitrogens with one attached hydrogen (secondary N) is 1. The normalized spacial score (nSPS) is 12.2. The standard InChI is InChI=1S/C7H18N2O.C3H8/c1-4-8-7(6-10)5-9(2)3;1-3-2/h7-8,10H,4-6H2,1-3H3;3H2,1-2H3. The van der Waals surface area contributed by atoms with Gasteiger partial charge in [-0.1, -0.05) is 27.2 Å². The van der Waals surface area contributed by atoms with Gasteiger partial charge in [-0.05, 0) is 20.6 Å². The monoisotopic (exact) mass is 190 g/mol. The molecule has 0 radical (unpaired) electrons. The predicted octanol–water partition coefficient (Wildman–Crippen LogP) is 0.935. The van der Waals surface area contributed by atoms with Crippen LogP contribution in [0.2, 0.25) is 0 Å². The smallest absolute Gasteiger partial charge is 0.0597 e. The van der Waals surface area contributed by atoms with Gasteiger partial charge in [-0.15, -0.1) is 0 Å². The molecule has 0 bridgehead atoms. The van der Waals surface area contributed by atoms with Crippen LogP contribution in [-0.4, -0.2) is 49.8 Å². The summed E-state index contributed by atoms with van der Waals surface area (Å²) in [6.45, 7) is 8.31. The van der Waals surface area contributed by atoms with E-state index in [4.69, 9.17) is 5.11 Å². The highest BCUT2D eigenvalue weighted by molar-refractivity contribution is 4.66. The lowest BCUT2D eigenvalue weighted by molar-refractivity contribution is 0.213. The minimum absolute atomic E-state index is 0.214. The van der Waals surface area contributed by atoms with Gasteiger partial charge in [-0.25, -0.2) is 0 Å². The Morgan fingerprint density at radius 3 is 1.92 bits per heavy atom. The molecule has 0 heterocycles. The third-order valence-corrected chi connectivity index (χ3v) is 1.30. The third-order valence-electron chi connectivity index (χ3n) is 1.30. The second-order valence-corrected chi connectivity index (χ2v) is 3.41. The number of hydrogen-bond acceptors (Lipinski definition) is 3. The first-order valence-corrected chi connectivity index (χ1v) is 5.11. The van der Waals surface area contributed by atoms with Crippen LogP contribution in [-0.2, 0) is 0 Å². The van der Waals surface area contributed by atoms with E-state index in [0.29, 0.717) is 0 Å². The van der Waals surface area contributed by atoms with Gasteiger partial charge in [-0.3, -0.25) is 0 Å². The lowest BCUT2D eigenvalue weighted by Crippen LogP contribution is -2.40. The maximum Gasteiger partial charge on any atom is 0.0597 e. The van der Waals surface area contributed by atoms with Crippen molar-refractivity contribution in [2.24, 2.45) is 0 Å². The van der Waals surface area contributed by atoms with Gasteiger partial charge in [0.15, 0.2) is 0 Å². The fraction of sp³-hybridized carbons (Fsp3) is 1.00. The maximum atomic E-state index is 8.82. The van der Waals surface area contributed by atoms with Gasteiger partial charge < -0.3 is 15.3 Å². The molecule has 0 saturated heterocycles. The minimum atomic E-state index is 0.214. The Morgan fingerprint density at radius 1 is 1.23 bits per heavy atom. The first-order valence-electron chi connectivity index (χ1n) is 5.11. The SMILES string of the molecule is CCC.CCNC(CO)CN(C)C. The molecule has 3 heteroatoms. The summed E-state index contributed by atoms with van der Waals surface area (Å²) in [7, 11) is 4.00. The lowest BCUT2D eigenvalue weighted by atomic mass is 10.3. The van der Waals surface area contributed by atoms with E-state index in [1.165, 1.54) is 6.42 Å². The molecule has 1 unspecified atom stereocenters. The van der Waals surface area contributed by atoms with E-state index in [9.17, 15) is 0 Å². The Hall–Kier alpha value is -0.120. The van der Waals surface area contributed by atoms with E-state index < -0.39 is 0 Å². The number of hydrogen-bond donors (Lipinski definition) is 2. The fourth-order valence-electron chi connectivity index (χ4n) is 0.916. The third kappa shape index (κ3) is 14.7. The summed E-state index contributed by atoms with van der Waals surface area (Å²) in [6, 6.07) is 0.222. The molecular formula is C10H26N2O. The fourth-order valence-corrected chi connectivity index (χ4v) is 0.916. The summed E-state index contributed by atoms with van der Waals surface area (Å²) in [5, 5.41) is 12.0. The van der Waals surface area contributed by atoms with Gasteiger partial charge in [0.05, 0.1) is 6.61 Å². The van der Waals surface area contributed by atoms with Crippen molar-refractivity contribution in [3.05, 3.63) is 0 Å². The topological polar surface area (TPSA) is 35.5 Å². The number of aliphatic hydroxyl groups is 1. The molecule has 0 aromatic rings. The van der Waals surface area contributed by atoms with Crippen LogP contribution < -0.4 is 5.32 Å². The predicted molar refractivity (Wildman–Crippen MR) is 59.1 cm³/mol. The summed E-state index contributed by atoms with van der Waals surface area (Å²) < 4.78 is 0. The molecule has 0 amide bonds. The van der Waals surface area contributed by atoms with Crippen LogP contribution in [0.15, 0.2) is 0 Å². The Labute approximate surface area is 83.1 Å². The largest absolute Gasteiger partial charge is 0.395 e. The van der Waals surface area contributed by atoms with Crippen molar-refractivity contribution in [3.63, 3.8) is 0 Å². The van der Waals surface area contributed by atoms with Gasteiger partial charge in [0.25, 0.3) is 0 Å². The number of nitrogens with zero attached hydrogens (tertiary/aromatic N) is 1. The van der Waals surface area contributed by atoms with Crippen molar-refractivity contribution in [2.75, 3.05) is 33.8 Å². The first-order chi connectivity index (χ1) is 6.12. The van der Waals surface area contributed by atoms with E-state index in [-0.39, 0.29) is 12.6 Å². The van der Waals surface area contributed by atoms with Gasteiger partial charge >= 0.3 is 0 Å². The van der Waals surface area contributed by atoms with Gasteiger partial charge in [0, 0.05) is 12.6 Å². The summed E-state index contributed by atoms with van der Waals surface area (Å²) in [5.74, 6) is 0.